The van der Waals surface area contributed by atoms with Crippen molar-refractivity contribution in [1.82, 2.24) is 10.4 Å². The first-order chi connectivity index (χ1) is 5.77. The molecule has 8 heteroatoms. The standard InChI is InChI=1S/C5H5Cl5N2O/c6-3(13)11-12-2-1-4(7,8)5(12,9)10/h1-2H2,(H,11,13). The van der Waals surface area contributed by atoms with Crippen LogP contribution in [0.25, 0.3) is 0 Å². The van der Waals surface area contributed by atoms with Gasteiger partial charge in [-0.1, -0.05) is 46.4 Å². The molecule has 13 heavy (non-hydrogen) atoms. The summed E-state index contributed by atoms with van der Waals surface area (Å²) in [4.78, 5) is 10.5. The van der Waals surface area contributed by atoms with Crippen LogP contribution in [0.1, 0.15) is 6.42 Å². The van der Waals surface area contributed by atoms with Gasteiger partial charge >= 0.3 is 5.37 Å². The van der Waals surface area contributed by atoms with Gasteiger partial charge < -0.3 is 0 Å². The summed E-state index contributed by atoms with van der Waals surface area (Å²) in [5.74, 6) is 0. The van der Waals surface area contributed by atoms with Crippen molar-refractivity contribution in [3.05, 3.63) is 0 Å². The van der Waals surface area contributed by atoms with Gasteiger partial charge in [-0.15, -0.1) is 0 Å². The molecule has 1 N–H and O–H groups in total. The van der Waals surface area contributed by atoms with E-state index in [0.29, 0.717) is 13.0 Å². The SMILES string of the molecule is O=C(Cl)NN1CCC(Cl)(Cl)C1(Cl)Cl. The highest BCUT2D eigenvalue weighted by Gasteiger charge is 2.57. The molecule has 0 aromatic rings. The summed E-state index contributed by atoms with van der Waals surface area (Å²) in [5, 5.41) is 0.391. The van der Waals surface area contributed by atoms with Crippen LogP contribution in [-0.2, 0) is 0 Å². The van der Waals surface area contributed by atoms with Crippen LogP contribution in [0.3, 0.4) is 0 Å². The maximum absolute atomic E-state index is 10.5. The van der Waals surface area contributed by atoms with Crippen LogP contribution < -0.4 is 5.43 Å². The summed E-state index contributed by atoms with van der Waals surface area (Å²) in [6.07, 6.45) is 0.334. The summed E-state index contributed by atoms with van der Waals surface area (Å²) in [5.41, 5.74) is 2.21. The summed E-state index contributed by atoms with van der Waals surface area (Å²) in [7, 11) is 0. The Kier molecular flexibility index (Phi) is 3.49. The average Bonchev–Trinajstić information content (AvgIpc) is 2.11. The number of rotatable bonds is 1. The fraction of sp³-hybridized carbons (Fsp3) is 0.800. The lowest BCUT2D eigenvalue weighted by Gasteiger charge is -2.31. The van der Waals surface area contributed by atoms with Gasteiger partial charge in [-0.2, -0.15) is 5.01 Å². The van der Waals surface area contributed by atoms with Crippen molar-refractivity contribution in [2.24, 2.45) is 0 Å². The van der Waals surface area contributed by atoms with Crippen molar-refractivity contribution >= 4 is 63.4 Å². The first-order valence-electron chi connectivity index (χ1n) is 3.27. The van der Waals surface area contributed by atoms with Gasteiger partial charge in [0.2, 0.25) is 4.46 Å². The number of alkyl halides is 4. The molecule has 0 spiro atoms. The topological polar surface area (TPSA) is 32.3 Å². The largest absolute Gasteiger partial charge is 0.328 e. The Morgan fingerprint density at radius 3 is 2.15 bits per heavy atom. The van der Waals surface area contributed by atoms with Gasteiger partial charge in [-0.25, -0.2) is 0 Å². The van der Waals surface area contributed by atoms with E-state index < -0.39 is 14.2 Å². The molecule has 1 heterocycles. The van der Waals surface area contributed by atoms with Gasteiger partial charge in [-0.3, -0.25) is 10.2 Å². The van der Waals surface area contributed by atoms with E-state index in [1.165, 1.54) is 5.01 Å². The molecule has 1 saturated heterocycles. The molecule has 0 aromatic heterocycles. The zero-order valence-corrected chi connectivity index (χ0v) is 9.94. The van der Waals surface area contributed by atoms with Crippen molar-refractivity contribution in [2.45, 2.75) is 15.2 Å². The molecule has 1 fully saturated rings. The Bertz CT molecular complexity index is 231. The number of hydrogen-bond acceptors (Lipinski definition) is 2. The maximum atomic E-state index is 10.5. The van der Waals surface area contributed by atoms with E-state index in [1.54, 1.807) is 0 Å². The van der Waals surface area contributed by atoms with Gasteiger partial charge in [0.05, 0.1) is 0 Å². The highest BCUT2D eigenvalue weighted by atomic mass is 35.5. The number of hydrogen-bond donors (Lipinski definition) is 1. The van der Waals surface area contributed by atoms with Gasteiger partial charge in [0.1, 0.15) is 0 Å². The Morgan fingerprint density at radius 1 is 1.31 bits per heavy atom. The van der Waals surface area contributed by atoms with E-state index in [4.69, 9.17) is 58.0 Å². The first-order valence-corrected chi connectivity index (χ1v) is 5.16. The van der Waals surface area contributed by atoms with Crippen LogP contribution in [0.15, 0.2) is 0 Å². The second kappa shape index (κ2) is 3.80. The second-order valence-corrected chi connectivity index (χ2v) is 5.65. The Morgan fingerprint density at radius 2 is 1.85 bits per heavy atom. The molecule has 0 aromatic carbocycles. The fourth-order valence-corrected chi connectivity index (χ4v) is 1.89. The quantitative estimate of drug-likeness (QED) is 0.457. The minimum absolute atomic E-state index is 0.332. The van der Waals surface area contributed by atoms with E-state index in [2.05, 4.69) is 5.43 Å². The lowest BCUT2D eigenvalue weighted by molar-refractivity contribution is 0.193. The summed E-state index contributed by atoms with van der Waals surface area (Å²) in [6, 6.07) is 0. The monoisotopic (exact) mass is 284 g/mol. The minimum Gasteiger partial charge on any atom is -0.272 e. The van der Waals surface area contributed by atoms with Crippen molar-refractivity contribution in [1.29, 1.82) is 0 Å². The molecule has 0 radical (unpaired) electrons. The molecule has 3 nitrogen and oxygen atoms in total. The molecule has 0 unspecified atom stereocenters. The Hall–Kier alpha value is 0.880. The smallest absolute Gasteiger partial charge is 0.272 e. The number of carbonyl (C=O) groups excluding carboxylic acids is 1. The molecular formula is C5H5Cl5N2O. The summed E-state index contributed by atoms with van der Waals surface area (Å²) in [6.45, 7) is 0.332. The highest BCUT2D eigenvalue weighted by molar-refractivity contribution is 6.64. The fourth-order valence-electron chi connectivity index (χ4n) is 0.973. The van der Waals surface area contributed by atoms with Crippen molar-refractivity contribution in [3.8, 4) is 0 Å². The normalized spacial score (nSPS) is 25.9. The van der Waals surface area contributed by atoms with Crippen molar-refractivity contribution in [3.63, 3.8) is 0 Å². The van der Waals surface area contributed by atoms with Gasteiger partial charge in [0.15, 0.2) is 4.33 Å². The lowest BCUT2D eigenvalue weighted by Crippen LogP contribution is -2.51. The highest BCUT2D eigenvalue weighted by Crippen LogP contribution is 2.51. The molecule has 1 aliphatic rings. The predicted octanol–water partition coefficient (Wildman–Crippen LogP) is 2.86. The van der Waals surface area contributed by atoms with E-state index in [9.17, 15) is 4.79 Å². The maximum Gasteiger partial charge on any atom is 0.328 e. The molecule has 0 atom stereocenters. The lowest BCUT2D eigenvalue weighted by atomic mass is 10.4. The molecule has 1 amide bonds. The molecule has 76 valence electrons. The third-order valence-electron chi connectivity index (χ3n) is 1.65. The number of hydrazine groups is 1. The second-order valence-electron chi connectivity index (χ2n) is 2.53. The average molecular weight is 286 g/mol. The number of nitrogens with one attached hydrogen (secondary N) is 1. The molecule has 0 bridgehead atoms. The van der Waals surface area contributed by atoms with Crippen molar-refractivity contribution < 1.29 is 4.79 Å². The zero-order valence-electron chi connectivity index (χ0n) is 6.16. The summed E-state index contributed by atoms with van der Waals surface area (Å²) >= 11 is 28.3. The van der Waals surface area contributed by atoms with Crippen molar-refractivity contribution in [2.75, 3.05) is 6.54 Å². The van der Waals surface area contributed by atoms with Gasteiger partial charge in [0.25, 0.3) is 0 Å². The third-order valence-corrected chi connectivity index (χ3v) is 4.10. The minimum atomic E-state index is -1.57. The van der Waals surface area contributed by atoms with E-state index >= 15 is 0 Å². The van der Waals surface area contributed by atoms with Crippen LogP contribution >= 0.6 is 58.0 Å². The molecular weight excluding hydrogens is 281 g/mol. The number of halogens is 5. The molecule has 0 saturated carbocycles. The Labute approximate surface area is 100 Å². The molecule has 0 aliphatic carbocycles. The first kappa shape index (κ1) is 12.0. The van der Waals surface area contributed by atoms with Crippen LogP contribution in [0, 0.1) is 0 Å². The number of nitrogens with zero attached hydrogens (tertiary/aromatic N) is 1. The van der Waals surface area contributed by atoms with E-state index in [1.807, 2.05) is 0 Å². The third kappa shape index (κ3) is 2.28. The van der Waals surface area contributed by atoms with E-state index in [0.717, 1.165) is 0 Å². The van der Waals surface area contributed by atoms with Crippen LogP contribution in [0.4, 0.5) is 4.79 Å². The van der Waals surface area contributed by atoms with Crippen LogP contribution in [0.5, 0.6) is 0 Å². The molecule has 1 rings (SSSR count). The molecule has 1 aliphatic heterocycles. The number of carbonyl (C=O) groups is 1. The predicted molar refractivity (Wildman–Crippen MR) is 54.6 cm³/mol. The van der Waals surface area contributed by atoms with Crippen LogP contribution in [-0.4, -0.2) is 25.7 Å². The number of amides is 1. The summed E-state index contributed by atoms with van der Waals surface area (Å²) < 4.78 is -2.89. The van der Waals surface area contributed by atoms with Crippen LogP contribution in [0.2, 0.25) is 0 Å². The van der Waals surface area contributed by atoms with Gasteiger partial charge in [-0.05, 0) is 18.0 Å². The Balaban J connectivity index is 2.76. The van der Waals surface area contributed by atoms with E-state index in [-0.39, 0.29) is 0 Å². The van der Waals surface area contributed by atoms with Gasteiger partial charge in [0, 0.05) is 6.54 Å². The zero-order chi connectivity index (χ0) is 10.3.